The van der Waals surface area contributed by atoms with Crippen LogP contribution in [0.15, 0.2) is 71.3 Å². The van der Waals surface area contributed by atoms with E-state index in [0.717, 1.165) is 16.5 Å². The van der Waals surface area contributed by atoms with Crippen LogP contribution in [0, 0.1) is 0 Å². The molecule has 2 atom stereocenters. The van der Waals surface area contributed by atoms with Gasteiger partial charge < -0.3 is 14.1 Å². The van der Waals surface area contributed by atoms with E-state index in [4.69, 9.17) is 20.8 Å². The molecule has 1 N–H and O–H groups in total. The van der Waals surface area contributed by atoms with Gasteiger partial charge >= 0.3 is 0 Å². The van der Waals surface area contributed by atoms with Gasteiger partial charge in [0, 0.05) is 28.2 Å². The number of H-pyrrole nitrogens is 1. The summed E-state index contributed by atoms with van der Waals surface area (Å²) in [5.74, 6) is 1.26. The third kappa shape index (κ3) is 2.46. The number of ketones is 1. The van der Waals surface area contributed by atoms with E-state index < -0.39 is 6.10 Å². The molecule has 4 nitrogen and oxygen atoms in total. The molecule has 1 aliphatic rings. The lowest BCUT2D eigenvalue weighted by Crippen LogP contribution is -2.07. The molecule has 2 aromatic heterocycles. The number of fused-ring (bicyclic) bond motifs is 1. The first kappa shape index (κ1) is 15.4. The molecular weight excluding hydrogens is 350 g/mol. The number of rotatable bonds is 4. The smallest absolute Gasteiger partial charge is 0.196 e. The molecule has 26 heavy (non-hydrogen) atoms. The lowest BCUT2D eigenvalue weighted by atomic mass is 10.0. The Morgan fingerprint density at radius 3 is 2.69 bits per heavy atom. The molecule has 0 bridgehead atoms. The van der Waals surface area contributed by atoms with Crippen LogP contribution >= 0.6 is 11.6 Å². The van der Waals surface area contributed by atoms with Gasteiger partial charge in [0.2, 0.25) is 0 Å². The zero-order valence-electron chi connectivity index (χ0n) is 13.6. The normalized spacial score (nSPS) is 19.0. The zero-order chi connectivity index (χ0) is 17.7. The molecule has 2 aromatic carbocycles. The highest BCUT2D eigenvalue weighted by atomic mass is 35.5. The second-order valence-corrected chi connectivity index (χ2v) is 6.68. The van der Waals surface area contributed by atoms with Crippen LogP contribution in [0.25, 0.3) is 22.2 Å². The molecule has 0 amide bonds. The molecule has 4 aromatic rings. The molecule has 0 unspecified atom stereocenters. The molecule has 128 valence electrons. The van der Waals surface area contributed by atoms with E-state index in [9.17, 15) is 4.79 Å². The van der Waals surface area contributed by atoms with Crippen molar-refractivity contribution in [1.82, 2.24) is 4.98 Å². The summed E-state index contributed by atoms with van der Waals surface area (Å²) in [6, 6.07) is 18.9. The number of aromatic nitrogens is 1. The number of Topliss-reactive ketones (excluding diaryl/α,β-unsaturated/α-hetero) is 1. The predicted molar refractivity (Wildman–Crippen MR) is 99.4 cm³/mol. The summed E-state index contributed by atoms with van der Waals surface area (Å²) in [4.78, 5) is 15.9. The Bertz CT molecular complexity index is 1130. The van der Waals surface area contributed by atoms with Crippen LogP contribution in [0.3, 0.4) is 0 Å². The van der Waals surface area contributed by atoms with Gasteiger partial charge in [-0.15, -0.1) is 0 Å². The van der Waals surface area contributed by atoms with Gasteiger partial charge in [-0.1, -0.05) is 41.9 Å². The molecule has 5 heteroatoms. The SMILES string of the molecule is O=C(c1c[nH]c2ccccc12)[C@@H]1O[C@H]1c1ccc(-c2ccccc2Cl)o1. The van der Waals surface area contributed by atoms with Crippen LogP contribution in [0.4, 0.5) is 0 Å². The first-order valence-electron chi connectivity index (χ1n) is 8.33. The molecule has 1 saturated heterocycles. The minimum absolute atomic E-state index is 0.0388. The maximum absolute atomic E-state index is 12.8. The number of para-hydroxylation sites is 1. The van der Waals surface area contributed by atoms with Gasteiger partial charge in [-0.05, 0) is 30.3 Å². The summed E-state index contributed by atoms with van der Waals surface area (Å²) in [5, 5.41) is 1.53. The van der Waals surface area contributed by atoms with Crippen LogP contribution in [0.2, 0.25) is 5.02 Å². The van der Waals surface area contributed by atoms with E-state index in [-0.39, 0.29) is 11.9 Å². The summed E-state index contributed by atoms with van der Waals surface area (Å²) in [6.45, 7) is 0. The van der Waals surface area contributed by atoms with Gasteiger partial charge in [-0.3, -0.25) is 4.79 Å². The summed E-state index contributed by atoms with van der Waals surface area (Å²) >= 11 is 6.22. The topological polar surface area (TPSA) is 58.5 Å². The number of ether oxygens (including phenoxy) is 1. The van der Waals surface area contributed by atoms with Gasteiger partial charge in [0.1, 0.15) is 17.6 Å². The number of hydrogen-bond donors (Lipinski definition) is 1. The highest BCUT2D eigenvalue weighted by molar-refractivity contribution is 6.33. The summed E-state index contributed by atoms with van der Waals surface area (Å²) < 4.78 is 11.5. The minimum atomic E-state index is -0.514. The molecule has 0 aliphatic carbocycles. The third-order valence-electron chi connectivity index (χ3n) is 4.65. The Labute approximate surface area is 154 Å². The van der Waals surface area contributed by atoms with Crippen molar-refractivity contribution >= 4 is 28.3 Å². The fourth-order valence-corrected chi connectivity index (χ4v) is 3.50. The van der Waals surface area contributed by atoms with Crippen molar-refractivity contribution in [3.05, 3.63) is 83.2 Å². The van der Waals surface area contributed by atoms with Gasteiger partial charge in [-0.2, -0.15) is 0 Å². The average molecular weight is 364 g/mol. The highest BCUT2D eigenvalue weighted by Gasteiger charge is 2.48. The van der Waals surface area contributed by atoms with E-state index in [1.54, 1.807) is 6.20 Å². The number of carbonyl (C=O) groups excluding carboxylic acids is 1. The van der Waals surface area contributed by atoms with Crippen molar-refractivity contribution in [3.63, 3.8) is 0 Å². The minimum Gasteiger partial charge on any atom is -0.458 e. The van der Waals surface area contributed by atoms with Crippen molar-refractivity contribution in [3.8, 4) is 11.3 Å². The molecule has 0 saturated carbocycles. The molecule has 0 spiro atoms. The van der Waals surface area contributed by atoms with Crippen molar-refractivity contribution in [2.24, 2.45) is 0 Å². The van der Waals surface area contributed by atoms with E-state index >= 15 is 0 Å². The van der Waals surface area contributed by atoms with Gasteiger partial charge in [0.05, 0.1) is 5.02 Å². The number of aromatic amines is 1. The predicted octanol–water partition coefficient (Wildman–Crippen LogP) is 5.40. The van der Waals surface area contributed by atoms with Crippen LogP contribution in [-0.2, 0) is 4.74 Å². The largest absolute Gasteiger partial charge is 0.458 e. The Balaban J connectivity index is 1.39. The van der Waals surface area contributed by atoms with E-state index in [0.29, 0.717) is 22.1 Å². The summed E-state index contributed by atoms with van der Waals surface area (Å²) in [7, 11) is 0. The molecule has 1 fully saturated rings. The Morgan fingerprint density at radius 2 is 1.81 bits per heavy atom. The van der Waals surface area contributed by atoms with Crippen LogP contribution in [0.1, 0.15) is 22.2 Å². The van der Waals surface area contributed by atoms with Crippen molar-refractivity contribution < 1.29 is 13.9 Å². The highest BCUT2D eigenvalue weighted by Crippen LogP contribution is 2.43. The first-order valence-corrected chi connectivity index (χ1v) is 8.70. The van der Waals surface area contributed by atoms with E-state index in [2.05, 4.69) is 4.98 Å². The lowest BCUT2D eigenvalue weighted by molar-refractivity contribution is 0.0955. The number of carbonyl (C=O) groups is 1. The van der Waals surface area contributed by atoms with Crippen molar-refractivity contribution in [2.75, 3.05) is 0 Å². The average Bonchev–Trinajstić information content (AvgIpc) is 3.12. The van der Waals surface area contributed by atoms with Crippen LogP contribution < -0.4 is 0 Å². The molecule has 1 aliphatic heterocycles. The Morgan fingerprint density at radius 1 is 1.00 bits per heavy atom. The number of furan rings is 1. The molecule has 3 heterocycles. The second-order valence-electron chi connectivity index (χ2n) is 6.27. The maximum atomic E-state index is 12.8. The Hall–Kier alpha value is -2.82. The third-order valence-corrected chi connectivity index (χ3v) is 4.98. The number of nitrogens with one attached hydrogen (secondary N) is 1. The molecule has 5 rings (SSSR count). The van der Waals surface area contributed by atoms with Crippen LogP contribution in [-0.4, -0.2) is 16.9 Å². The number of hydrogen-bond acceptors (Lipinski definition) is 3. The summed E-state index contributed by atoms with van der Waals surface area (Å²) in [5.41, 5.74) is 2.40. The standard InChI is InChI=1S/C21H14ClNO3/c22-15-7-3-1-6-13(15)17-9-10-18(25-17)20-21(26-20)19(24)14-11-23-16-8-4-2-5-12(14)16/h1-11,20-21,23H/t20-,21-/m0/s1. The Kier molecular flexibility index (Phi) is 3.48. The number of benzene rings is 2. The monoisotopic (exact) mass is 363 g/mol. The van der Waals surface area contributed by atoms with Gasteiger partial charge in [0.25, 0.3) is 0 Å². The second kappa shape index (κ2) is 5.87. The summed E-state index contributed by atoms with van der Waals surface area (Å²) in [6.07, 6.45) is 0.870. The molecular formula is C21H14ClNO3. The number of halogens is 1. The maximum Gasteiger partial charge on any atom is 0.196 e. The fraction of sp³-hybridized carbons (Fsp3) is 0.0952. The quantitative estimate of drug-likeness (QED) is 0.390. The fourth-order valence-electron chi connectivity index (χ4n) is 3.27. The number of epoxide rings is 1. The van der Waals surface area contributed by atoms with Crippen LogP contribution in [0.5, 0.6) is 0 Å². The van der Waals surface area contributed by atoms with E-state index in [1.807, 2.05) is 60.7 Å². The lowest BCUT2D eigenvalue weighted by Gasteiger charge is -1.99. The van der Waals surface area contributed by atoms with Crippen molar-refractivity contribution in [1.29, 1.82) is 0 Å². The van der Waals surface area contributed by atoms with Crippen molar-refractivity contribution in [2.45, 2.75) is 12.2 Å². The van der Waals surface area contributed by atoms with Gasteiger partial charge in [-0.25, -0.2) is 0 Å². The van der Waals surface area contributed by atoms with Gasteiger partial charge in [0.15, 0.2) is 11.9 Å². The zero-order valence-corrected chi connectivity index (χ0v) is 14.4. The molecule has 0 radical (unpaired) electrons. The van der Waals surface area contributed by atoms with E-state index in [1.165, 1.54) is 0 Å². The first-order chi connectivity index (χ1) is 12.7.